The van der Waals surface area contributed by atoms with Crippen molar-refractivity contribution in [3.05, 3.63) is 29.2 Å². The average Bonchev–Trinajstić information content (AvgIpc) is 3.29. The fourth-order valence-electron chi connectivity index (χ4n) is 4.53. The normalized spacial score (nSPS) is 23.0. The molecule has 0 spiro atoms. The lowest BCUT2D eigenvalue weighted by Crippen LogP contribution is -2.36. The van der Waals surface area contributed by atoms with Gasteiger partial charge in [-0.15, -0.1) is 0 Å². The van der Waals surface area contributed by atoms with Gasteiger partial charge in [-0.3, -0.25) is 4.98 Å². The van der Waals surface area contributed by atoms with Crippen molar-refractivity contribution in [2.75, 3.05) is 17.2 Å². The molecule has 3 aromatic rings. The molecule has 184 valence electrons. The molecule has 1 aliphatic carbocycles. The predicted molar refractivity (Wildman–Crippen MR) is 132 cm³/mol. The van der Waals surface area contributed by atoms with E-state index >= 15 is 0 Å². The fourth-order valence-corrected chi connectivity index (χ4v) is 4.53. The molecule has 1 saturated carbocycles. The summed E-state index contributed by atoms with van der Waals surface area (Å²) in [4.78, 5) is 14.0. The van der Waals surface area contributed by atoms with Crippen molar-refractivity contribution in [3.63, 3.8) is 0 Å². The van der Waals surface area contributed by atoms with Crippen LogP contribution in [0.15, 0.2) is 16.5 Å². The van der Waals surface area contributed by atoms with Gasteiger partial charge in [-0.1, -0.05) is 6.92 Å². The maximum atomic E-state index is 10.6. The minimum atomic E-state index is -1.03. The number of rotatable bonds is 7. The lowest BCUT2D eigenvalue weighted by Gasteiger charge is -2.26. The van der Waals surface area contributed by atoms with Crippen LogP contribution in [0.1, 0.15) is 50.7 Å². The van der Waals surface area contributed by atoms with E-state index in [-0.39, 0.29) is 12.1 Å². The number of nitrogens with zero attached hydrogens (tertiary/aromatic N) is 3. The molecule has 0 bridgehead atoms. The van der Waals surface area contributed by atoms with E-state index in [2.05, 4.69) is 36.4 Å². The summed E-state index contributed by atoms with van der Waals surface area (Å²) in [5.74, 6) is 1.15. The first-order valence-corrected chi connectivity index (χ1v) is 11.8. The topological polar surface area (TPSA) is 137 Å². The molecule has 0 radical (unpaired) electrons. The second-order valence-electron chi connectivity index (χ2n) is 10.0. The highest BCUT2D eigenvalue weighted by Gasteiger charge is 2.41. The second kappa shape index (κ2) is 9.13. The predicted octanol–water partition coefficient (Wildman–Crippen LogP) is 3.33. The van der Waals surface area contributed by atoms with Crippen molar-refractivity contribution in [2.24, 2.45) is 5.92 Å². The quantitative estimate of drug-likeness (QED) is 0.353. The molecule has 1 aliphatic rings. The van der Waals surface area contributed by atoms with Gasteiger partial charge in [0.1, 0.15) is 17.7 Å². The SMILES string of the molecule is CCC(C)(C)Nc1nc(C)c(-c2cc3cc(C)nc(C)c3o2)c(N[C@@H]2C[C@H](CO)[C@@H](O)[C@H]2O)n1. The van der Waals surface area contributed by atoms with Crippen LogP contribution in [0.4, 0.5) is 11.8 Å². The van der Waals surface area contributed by atoms with Crippen LogP contribution in [-0.4, -0.2) is 60.7 Å². The van der Waals surface area contributed by atoms with Crippen LogP contribution in [-0.2, 0) is 0 Å². The lowest BCUT2D eigenvalue weighted by molar-refractivity contribution is 0.00446. The highest BCUT2D eigenvalue weighted by molar-refractivity contribution is 5.87. The van der Waals surface area contributed by atoms with Crippen molar-refractivity contribution in [2.45, 2.75) is 78.2 Å². The molecular weight excluding hydrogens is 434 g/mol. The van der Waals surface area contributed by atoms with Gasteiger partial charge in [-0.2, -0.15) is 4.98 Å². The molecule has 0 saturated heterocycles. The van der Waals surface area contributed by atoms with Crippen molar-refractivity contribution in [1.82, 2.24) is 15.0 Å². The smallest absolute Gasteiger partial charge is 0.225 e. The van der Waals surface area contributed by atoms with Gasteiger partial charge >= 0.3 is 0 Å². The molecule has 34 heavy (non-hydrogen) atoms. The average molecular weight is 470 g/mol. The number of fused-ring (bicyclic) bond motifs is 1. The Hall–Kier alpha value is -2.75. The number of aromatic nitrogens is 3. The number of hydrogen-bond donors (Lipinski definition) is 5. The van der Waals surface area contributed by atoms with Crippen LogP contribution in [0.2, 0.25) is 0 Å². The molecule has 9 nitrogen and oxygen atoms in total. The number of aliphatic hydroxyl groups excluding tert-OH is 3. The number of aliphatic hydroxyl groups is 3. The summed E-state index contributed by atoms with van der Waals surface area (Å²) in [5.41, 5.74) is 3.59. The van der Waals surface area contributed by atoms with Gasteiger partial charge < -0.3 is 30.4 Å². The summed E-state index contributed by atoms with van der Waals surface area (Å²) in [7, 11) is 0. The Kier molecular flexibility index (Phi) is 6.54. The zero-order valence-electron chi connectivity index (χ0n) is 20.7. The van der Waals surface area contributed by atoms with Crippen molar-refractivity contribution in [1.29, 1.82) is 0 Å². The van der Waals surface area contributed by atoms with Crippen molar-refractivity contribution in [3.8, 4) is 11.3 Å². The molecule has 0 aromatic carbocycles. The van der Waals surface area contributed by atoms with E-state index < -0.39 is 24.2 Å². The van der Waals surface area contributed by atoms with E-state index in [1.54, 1.807) is 0 Å². The Balaban J connectivity index is 1.81. The van der Waals surface area contributed by atoms with Crippen LogP contribution in [0.3, 0.4) is 0 Å². The number of furan rings is 1. The first-order valence-electron chi connectivity index (χ1n) is 11.8. The fraction of sp³-hybridized carbons (Fsp3) is 0.560. The molecular formula is C25H35N5O4. The standard InChI is InChI=1S/C25H35N5O4/c1-7-25(5,6)30-24-27-13(3)19(18-10-15-8-12(2)26-14(4)22(15)34-18)23(29-24)28-17-9-16(11-31)20(32)21(17)33/h8,10,16-17,20-21,31-33H,7,9,11H2,1-6H3,(H2,27,28,29,30)/t16-,17-,20-,21+/m1/s1. The summed E-state index contributed by atoms with van der Waals surface area (Å²) >= 11 is 0. The Bertz CT molecular complexity index is 1190. The molecule has 9 heteroatoms. The number of pyridine rings is 1. The molecule has 3 heterocycles. The van der Waals surface area contributed by atoms with E-state index in [1.165, 1.54) is 0 Å². The number of nitrogens with one attached hydrogen (secondary N) is 2. The summed E-state index contributed by atoms with van der Waals surface area (Å²) < 4.78 is 6.22. The van der Waals surface area contributed by atoms with E-state index in [1.807, 2.05) is 32.9 Å². The minimum Gasteiger partial charge on any atom is -0.454 e. The number of hydrogen-bond acceptors (Lipinski definition) is 9. The Labute approximate surface area is 199 Å². The van der Waals surface area contributed by atoms with Crippen molar-refractivity contribution < 1.29 is 19.7 Å². The molecule has 4 rings (SSSR count). The van der Waals surface area contributed by atoms with Gasteiger partial charge in [-0.05, 0) is 59.6 Å². The van der Waals surface area contributed by atoms with Gasteiger partial charge in [0, 0.05) is 29.1 Å². The van der Waals surface area contributed by atoms with Crippen LogP contribution in [0.5, 0.6) is 0 Å². The third kappa shape index (κ3) is 4.60. The summed E-state index contributed by atoms with van der Waals surface area (Å²) in [5, 5.41) is 38.2. The van der Waals surface area contributed by atoms with E-state index in [0.717, 1.165) is 23.2 Å². The zero-order chi connectivity index (χ0) is 24.8. The molecule has 5 N–H and O–H groups in total. The lowest BCUT2D eigenvalue weighted by atomic mass is 10.0. The Morgan fingerprint density at radius 1 is 1.06 bits per heavy atom. The number of aryl methyl sites for hydroxylation is 3. The molecule has 0 aliphatic heterocycles. The Morgan fingerprint density at radius 3 is 2.44 bits per heavy atom. The van der Waals surface area contributed by atoms with Crippen LogP contribution in [0, 0.1) is 26.7 Å². The van der Waals surface area contributed by atoms with Crippen LogP contribution in [0.25, 0.3) is 22.3 Å². The first-order chi connectivity index (χ1) is 16.0. The molecule has 0 unspecified atom stereocenters. The highest BCUT2D eigenvalue weighted by atomic mass is 16.3. The Morgan fingerprint density at radius 2 is 1.79 bits per heavy atom. The van der Waals surface area contributed by atoms with Gasteiger partial charge in [0.25, 0.3) is 0 Å². The monoisotopic (exact) mass is 469 g/mol. The van der Waals surface area contributed by atoms with Gasteiger partial charge in [0.2, 0.25) is 5.95 Å². The van der Waals surface area contributed by atoms with E-state index in [0.29, 0.717) is 40.8 Å². The van der Waals surface area contributed by atoms with E-state index in [4.69, 9.17) is 14.4 Å². The first kappa shape index (κ1) is 24.4. The minimum absolute atomic E-state index is 0.196. The zero-order valence-corrected chi connectivity index (χ0v) is 20.7. The maximum Gasteiger partial charge on any atom is 0.225 e. The summed E-state index contributed by atoms with van der Waals surface area (Å²) in [6.07, 6.45) is -0.754. The van der Waals surface area contributed by atoms with E-state index in [9.17, 15) is 15.3 Å². The van der Waals surface area contributed by atoms with Crippen molar-refractivity contribution >= 4 is 22.7 Å². The van der Waals surface area contributed by atoms with Gasteiger partial charge in [0.15, 0.2) is 5.58 Å². The molecule has 0 amide bonds. The molecule has 4 atom stereocenters. The van der Waals surface area contributed by atoms with Gasteiger partial charge in [-0.25, -0.2) is 4.98 Å². The molecule has 3 aromatic heterocycles. The highest BCUT2D eigenvalue weighted by Crippen LogP contribution is 2.38. The number of anilines is 2. The van der Waals surface area contributed by atoms with Crippen LogP contribution < -0.4 is 10.6 Å². The maximum absolute atomic E-state index is 10.6. The third-order valence-electron chi connectivity index (χ3n) is 6.83. The molecule has 1 fully saturated rings. The summed E-state index contributed by atoms with van der Waals surface area (Å²) in [6, 6.07) is 3.44. The van der Waals surface area contributed by atoms with Gasteiger partial charge in [0.05, 0.1) is 29.1 Å². The third-order valence-corrected chi connectivity index (χ3v) is 6.83. The second-order valence-corrected chi connectivity index (χ2v) is 10.0. The summed E-state index contributed by atoms with van der Waals surface area (Å²) in [6.45, 7) is 11.8. The largest absolute Gasteiger partial charge is 0.454 e. The van der Waals surface area contributed by atoms with Crippen LogP contribution >= 0.6 is 0 Å².